The van der Waals surface area contributed by atoms with Crippen LogP contribution in [0, 0.1) is 0 Å². The summed E-state index contributed by atoms with van der Waals surface area (Å²) in [6.07, 6.45) is -0.709. The monoisotopic (exact) mass is 409 g/mol. The van der Waals surface area contributed by atoms with E-state index in [0.29, 0.717) is 5.69 Å². The fourth-order valence-corrected chi connectivity index (χ4v) is 3.68. The molecule has 0 saturated carbocycles. The number of anilines is 2. The van der Waals surface area contributed by atoms with E-state index in [1.165, 1.54) is 11.3 Å². The van der Waals surface area contributed by atoms with Crippen molar-refractivity contribution in [1.82, 2.24) is 5.32 Å². The Bertz CT molecular complexity index is 968. The van der Waals surface area contributed by atoms with Crippen LogP contribution in [0.5, 0.6) is 0 Å². The topological polar surface area (TPSA) is 81.7 Å². The van der Waals surface area contributed by atoms with Gasteiger partial charge in [0, 0.05) is 35.2 Å². The maximum absolute atomic E-state index is 12.1. The minimum atomic E-state index is -0.719. The maximum atomic E-state index is 12.1. The Morgan fingerprint density at radius 1 is 0.966 bits per heavy atom. The van der Waals surface area contributed by atoms with Crippen LogP contribution in [-0.2, 0) is 16.1 Å². The van der Waals surface area contributed by atoms with Gasteiger partial charge in [-0.2, -0.15) is 0 Å². The lowest BCUT2D eigenvalue weighted by molar-refractivity contribution is -0.136. The zero-order valence-electron chi connectivity index (χ0n) is 16.3. The Morgan fingerprint density at radius 3 is 2.31 bits per heavy atom. The first-order chi connectivity index (χ1) is 13.9. The largest absolute Gasteiger partial charge is 0.383 e. The highest BCUT2D eigenvalue weighted by atomic mass is 32.1. The maximum Gasteiger partial charge on any atom is 0.313 e. The van der Waals surface area contributed by atoms with Crippen LogP contribution in [0.15, 0.2) is 66.7 Å². The molecule has 3 aromatic rings. The van der Waals surface area contributed by atoms with Crippen molar-refractivity contribution in [2.45, 2.75) is 12.6 Å². The highest BCUT2D eigenvalue weighted by Gasteiger charge is 2.16. The van der Waals surface area contributed by atoms with Gasteiger partial charge < -0.3 is 20.6 Å². The summed E-state index contributed by atoms with van der Waals surface area (Å²) < 4.78 is 0. The Kier molecular flexibility index (Phi) is 6.64. The van der Waals surface area contributed by atoms with Gasteiger partial charge in [0.25, 0.3) is 0 Å². The van der Waals surface area contributed by atoms with Gasteiger partial charge in [0.15, 0.2) is 0 Å². The second-order valence-corrected chi connectivity index (χ2v) is 7.90. The van der Waals surface area contributed by atoms with Crippen molar-refractivity contribution in [3.63, 3.8) is 0 Å². The van der Waals surface area contributed by atoms with Crippen LogP contribution in [0.1, 0.15) is 21.4 Å². The van der Waals surface area contributed by atoms with E-state index in [1.54, 1.807) is 12.1 Å². The molecule has 0 aliphatic rings. The molecule has 2 aromatic carbocycles. The molecule has 3 N–H and O–H groups in total. The van der Waals surface area contributed by atoms with Crippen molar-refractivity contribution in [2.75, 3.05) is 24.3 Å². The van der Waals surface area contributed by atoms with Gasteiger partial charge in [-0.05, 0) is 42.0 Å². The summed E-state index contributed by atoms with van der Waals surface area (Å²) in [4.78, 5) is 27.7. The van der Waals surface area contributed by atoms with E-state index in [2.05, 4.69) is 10.6 Å². The Labute approximate surface area is 173 Å². The fraction of sp³-hybridized carbons (Fsp3) is 0.182. The van der Waals surface area contributed by atoms with Crippen molar-refractivity contribution >= 4 is 34.5 Å². The molecule has 1 aromatic heterocycles. The lowest BCUT2D eigenvalue weighted by Gasteiger charge is -2.13. The number of thiophene rings is 1. The van der Waals surface area contributed by atoms with Crippen LogP contribution < -0.4 is 15.5 Å². The standard InChI is InChI=1S/C22H23N3O3S/c1-25(2)17-10-8-16(9-11-17)24-22(28)21(27)23-14-18-12-13-19(29-18)20(26)15-6-4-3-5-7-15/h3-13,20,26H,14H2,1-2H3,(H,23,27)(H,24,28). The van der Waals surface area contributed by atoms with E-state index in [9.17, 15) is 14.7 Å². The minimum absolute atomic E-state index is 0.220. The van der Waals surface area contributed by atoms with Crippen molar-refractivity contribution in [3.05, 3.63) is 82.0 Å². The van der Waals surface area contributed by atoms with Crippen LogP contribution in [-0.4, -0.2) is 31.0 Å². The number of benzene rings is 2. The lowest BCUT2D eigenvalue weighted by atomic mass is 10.1. The third kappa shape index (κ3) is 5.43. The molecule has 2 amide bonds. The van der Waals surface area contributed by atoms with E-state index >= 15 is 0 Å². The molecule has 1 atom stereocenters. The molecule has 0 aliphatic carbocycles. The van der Waals surface area contributed by atoms with Crippen LogP contribution in [0.3, 0.4) is 0 Å². The number of aliphatic hydroxyl groups excluding tert-OH is 1. The summed E-state index contributed by atoms with van der Waals surface area (Å²) in [7, 11) is 3.85. The number of rotatable bonds is 6. The molecular weight excluding hydrogens is 386 g/mol. The van der Waals surface area contributed by atoms with E-state index in [1.807, 2.05) is 73.6 Å². The van der Waals surface area contributed by atoms with E-state index in [4.69, 9.17) is 0 Å². The molecule has 3 rings (SSSR count). The first kappa shape index (κ1) is 20.6. The number of nitrogens with zero attached hydrogens (tertiary/aromatic N) is 1. The van der Waals surface area contributed by atoms with Gasteiger partial charge in [0.05, 0.1) is 6.54 Å². The highest BCUT2D eigenvalue weighted by molar-refractivity contribution is 7.12. The van der Waals surface area contributed by atoms with Gasteiger partial charge in [-0.25, -0.2) is 0 Å². The third-order valence-electron chi connectivity index (χ3n) is 4.34. The predicted molar refractivity (Wildman–Crippen MR) is 116 cm³/mol. The average molecular weight is 410 g/mol. The molecule has 0 bridgehead atoms. The molecule has 0 spiro atoms. The summed E-state index contributed by atoms with van der Waals surface area (Å²) in [5.41, 5.74) is 2.36. The Morgan fingerprint density at radius 2 is 1.66 bits per heavy atom. The van der Waals surface area contributed by atoms with Crippen LogP contribution in [0.2, 0.25) is 0 Å². The summed E-state index contributed by atoms with van der Waals surface area (Å²) in [6.45, 7) is 0.220. The average Bonchev–Trinajstić information content (AvgIpc) is 3.21. The first-order valence-corrected chi connectivity index (χ1v) is 9.94. The van der Waals surface area contributed by atoms with Crippen LogP contribution in [0.4, 0.5) is 11.4 Å². The number of carbonyl (C=O) groups excluding carboxylic acids is 2. The predicted octanol–water partition coefficient (Wildman–Crippen LogP) is 3.15. The van der Waals surface area contributed by atoms with Crippen molar-refractivity contribution in [1.29, 1.82) is 0 Å². The van der Waals surface area contributed by atoms with E-state index in [0.717, 1.165) is 21.0 Å². The fourth-order valence-electron chi connectivity index (χ4n) is 2.71. The van der Waals surface area contributed by atoms with Crippen LogP contribution in [0.25, 0.3) is 0 Å². The summed E-state index contributed by atoms with van der Waals surface area (Å²) in [5.74, 6) is -1.43. The Balaban J connectivity index is 1.52. The molecule has 0 radical (unpaired) electrons. The molecule has 0 fully saturated rings. The van der Waals surface area contributed by atoms with Crippen LogP contribution >= 0.6 is 11.3 Å². The highest BCUT2D eigenvalue weighted by Crippen LogP contribution is 2.28. The molecule has 150 valence electrons. The van der Waals surface area contributed by atoms with Gasteiger partial charge in [0.1, 0.15) is 6.10 Å². The van der Waals surface area contributed by atoms with Gasteiger partial charge in [-0.3, -0.25) is 9.59 Å². The van der Waals surface area contributed by atoms with E-state index in [-0.39, 0.29) is 6.54 Å². The lowest BCUT2D eigenvalue weighted by Crippen LogP contribution is -2.34. The first-order valence-electron chi connectivity index (χ1n) is 9.12. The molecular formula is C22H23N3O3S. The Hall–Kier alpha value is -3.16. The van der Waals surface area contributed by atoms with Gasteiger partial charge in [0.2, 0.25) is 0 Å². The summed E-state index contributed by atoms with van der Waals surface area (Å²) >= 11 is 1.40. The number of nitrogens with one attached hydrogen (secondary N) is 2. The number of hydrogen-bond donors (Lipinski definition) is 3. The third-order valence-corrected chi connectivity index (χ3v) is 5.48. The quantitative estimate of drug-likeness (QED) is 0.546. The van der Waals surface area contributed by atoms with Gasteiger partial charge in [-0.15, -0.1) is 11.3 Å². The SMILES string of the molecule is CN(C)c1ccc(NC(=O)C(=O)NCc2ccc(C(O)c3ccccc3)s2)cc1. The number of carbonyl (C=O) groups is 2. The van der Waals surface area contributed by atoms with Crippen molar-refractivity contribution in [2.24, 2.45) is 0 Å². The zero-order valence-corrected chi connectivity index (χ0v) is 17.1. The number of amides is 2. The number of hydrogen-bond acceptors (Lipinski definition) is 5. The minimum Gasteiger partial charge on any atom is -0.383 e. The molecule has 29 heavy (non-hydrogen) atoms. The molecule has 1 unspecified atom stereocenters. The van der Waals surface area contributed by atoms with Gasteiger partial charge >= 0.3 is 11.8 Å². The zero-order chi connectivity index (χ0) is 20.8. The second kappa shape index (κ2) is 9.36. The van der Waals surface area contributed by atoms with Crippen molar-refractivity contribution < 1.29 is 14.7 Å². The second-order valence-electron chi connectivity index (χ2n) is 6.70. The smallest absolute Gasteiger partial charge is 0.313 e. The van der Waals surface area contributed by atoms with E-state index < -0.39 is 17.9 Å². The summed E-state index contributed by atoms with van der Waals surface area (Å²) in [5, 5.41) is 15.6. The normalized spacial score (nSPS) is 11.6. The number of aliphatic hydroxyl groups is 1. The van der Waals surface area contributed by atoms with Gasteiger partial charge in [-0.1, -0.05) is 30.3 Å². The van der Waals surface area contributed by atoms with Crippen molar-refractivity contribution in [3.8, 4) is 0 Å². The molecule has 6 nitrogen and oxygen atoms in total. The molecule has 1 heterocycles. The molecule has 7 heteroatoms. The molecule has 0 saturated heterocycles. The molecule has 0 aliphatic heterocycles. The summed E-state index contributed by atoms with van der Waals surface area (Å²) in [6, 6.07) is 20.3.